The van der Waals surface area contributed by atoms with Crippen LogP contribution in [0.15, 0.2) is 42.5 Å². The number of carbonyl (C=O) groups is 2. The van der Waals surface area contributed by atoms with E-state index in [1.165, 1.54) is 18.8 Å². The molecule has 0 radical (unpaired) electrons. The summed E-state index contributed by atoms with van der Waals surface area (Å²) in [4.78, 5) is 24.8. The molecule has 9 nitrogen and oxygen atoms in total. The van der Waals surface area contributed by atoms with Gasteiger partial charge >= 0.3 is 0 Å². The topological polar surface area (TPSA) is 111 Å². The number of benzene rings is 2. The van der Waals surface area contributed by atoms with E-state index < -0.39 is 0 Å². The second-order valence-corrected chi connectivity index (χ2v) is 6.15. The molecule has 0 saturated carbocycles. The lowest BCUT2D eigenvalue weighted by molar-refractivity contribution is -0.117. The monoisotopic (exact) mass is 380 g/mol. The van der Waals surface area contributed by atoms with Crippen LogP contribution in [-0.2, 0) is 16.1 Å². The van der Waals surface area contributed by atoms with E-state index in [4.69, 9.17) is 4.74 Å². The Labute approximate surface area is 161 Å². The number of aryl methyl sites for hydroxylation is 1. The van der Waals surface area contributed by atoms with Crippen molar-refractivity contribution >= 4 is 23.2 Å². The standard InChI is InChI=1S/C19H20N6O3/c1-12-4-6-14(7-5-12)19-22-24-25(23-19)11-18(27)21-16-10-15(20-13(2)26)8-9-17(16)28-3/h4-10H,11H2,1-3H3,(H,20,26)(H,21,27). The van der Waals surface area contributed by atoms with Gasteiger partial charge in [0.15, 0.2) is 0 Å². The summed E-state index contributed by atoms with van der Waals surface area (Å²) >= 11 is 0. The highest BCUT2D eigenvalue weighted by molar-refractivity contribution is 5.94. The van der Waals surface area contributed by atoms with Gasteiger partial charge in [0.25, 0.3) is 0 Å². The van der Waals surface area contributed by atoms with Crippen molar-refractivity contribution in [1.82, 2.24) is 20.2 Å². The Kier molecular flexibility index (Phi) is 5.64. The number of hydrogen-bond acceptors (Lipinski definition) is 6. The van der Waals surface area contributed by atoms with Gasteiger partial charge in [-0.25, -0.2) is 0 Å². The number of hydrogen-bond donors (Lipinski definition) is 2. The largest absolute Gasteiger partial charge is 0.495 e. The second kappa shape index (κ2) is 8.30. The molecule has 0 unspecified atom stereocenters. The van der Waals surface area contributed by atoms with E-state index in [1.807, 2.05) is 31.2 Å². The number of methoxy groups -OCH3 is 1. The Morgan fingerprint density at radius 2 is 1.86 bits per heavy atom. The lowest BCUT2D eigenvalue weighted by atomic mass is 10.1. The fraction of sp³-hybridized carbons (Fsp3) is 0.211. The zero-order valence-electron chi connectivity index (χ0n) is 15.8. The Bertz CT molecular complexity index is 997. The summed E-state index contributed by atoms with van der Waals surface area (Å²) in [7, 11) is 1.50. The molecule has 1 heterocycles. The normalized spacial score (nSPS) is 10.4. The SMILES string of the molecule is COc1ccc(NC(C)=O)cc1NC(=O)Cn1nnc(-c2ccc(C)cc2)n1. The smallest absolute Gasteiger partial charge is 0.248 e. The maximum Gasteiger partial charge on any atom is 0.248 e. The van der Waals surface area contributed by atoms with Crippen molar-refractivity contribution in [3.63, 3.8) is 0 Å². The number of carbonyl (C=O) groups excluding carboxylic acids is 2. The van der Waals surface area contributed by atoms with Crippen molar-refractivity contribution in [1.29, 1.82) is 0 Å². The zero-order chi connectivity index (χ0) is 20.1. The van der Waals surface area contributed by atoms with Crippen molar-refractivity contribution < 1.29 is 14.3 Å². The van der Waals surface area contributed by atoms with Crippen molar-refractivity contribution in [3.05, 3.63) is 48.0 Å². The fourth-order valence-electron chi connectivity index (χ4n) is 2.53. The van der Waals surface area contributed by atoms with Crippen molar-refractivity contribution in [3.8, 4) is 17.1 Å². The highest BCUT2D eigenvalue weighted by Gasteiger charge is 2.12. The first-order valence-electron chi connectivity index (χ1n) is 8.55. The maximum absolute atomic E-state index is 12.4. The second-order valence-electron chi connectivity index (χ2n) is 6.15. The third kappa shape index (κ3) is 4.70. The molecule has 2 N–H and O–H groups in total. The van der Waals surface area contributed by atoms with Gasteiger partial charge in [0.05, 0.1) is 12.8 Å². The van der Waals surface area contributed by atoms with Crippen LogP contribution in [-0.4, -0.2) is 39.1 Å². The van der Waals surface area contributed by atoms with Gasteiger partial charge in [-0.3, -0.25) is 9.59 Å². The number of nitrogens with zero attached hydrogens (tertiary/aromatic N) is 4. The Morgan fingerprint density at radius 3 is 2.54 bits per heavy atom. The average Bonchev–Trinajstić information content (AvgIpc) is 3.10. The quantitative estimate of drug-likeness (QED) is 0.678. The minimum atomic E-state index is -0.355. The molecule has 3 rings (SSSR count). The molecule has 9 heteroatoms. The number of aromatic nitrogens is 4. The van der Waals surface area contributed by atoms with Crippen LogP contribution >= 0.6 is 0 Å². The molecule has 0 atom stereocenters. The summed E-state index contributed by atoms with van der Waals surface area (Å²) in [6, 6.07) is 12.7. The van der Waals surface area contributed by atoms with E-state index in [0.717, 1.165) is 11.1 Å². The van der Waals surface area contributed by atoms with Crippen LogP contribution in [0.3, 0.4) is 0 Å². The molecule has 0 aliphatic carbocycles. The number of anilines is 2. The molecule has 28 heavy (non-hydrogen) atoms. The summed E-state index contributed by atoms with van der Waals surface area (Å²) < 4.78 is 5.25. The molecule has 2 amide bonds. The fourth-order valence-corrected chi connectivity index (χ4v) is 2.53. The number of tetrazole rings is 1. The lowest BCUT2D eigenvalue weighted by Gasteiger charge is -2.12. The molecule has 144 valence electrons. The number of rotatable bonds is 6. The van der Waals surface area contributed by atoms with Gasteiger partial charge in [0.2, 0.25) is 17.6 Å². The molecule has 0 saturated heterocycles. The molecule has 1 aromatic heterocycles. The zero-order valence-corrected chi connectivity index (χ0v) is 15.8. The van der Waals surface area contributed by atoms with Crippen molar-refractivity contribution in [2.24, 2.45) is 0 Å². The summed E-state index contributed by atoms with van der Waals surface area (Å²) in [5, 5.41) is 17.5. The first kappa shape index (κ1) is 19.0. The van der Waals surface area contributed by atoms with Gasteiger partial charge in [-0.15, -0.1) is 10.2 Å². The minimum absolute atomic E-state index is 0.119. The average molecular weight is 380 g/mol. The first-order valence-corrected chi connectivity index (χ1v) is 8.55. The van der Waals surface area contributed by atoms with Gasteiger partial charge in [0, 0.05) is 18.2 Å². The molecule has 0 spiro atoms. The van der Waals surface area contributed by atoms with E-state index >= 15 is 0 Å². The summed E-state index contributed by atoms with van der Waals surface area (Å²) in [6.45, 7) is 3.28. The van der Waals surface area contributed by atoms with Crippen LogP contribution in [0, 0.1) is 6.92 Å². The predicted octanol–water partition coefficient (Wildman–Crippen LogP) is 2.25. The van der Waals surface area contributed by atoms with Gasteiger partial charge < -0.3 is 15.4 Å². The first-order chi connectivity index (χ1) is 13.4. The summed E-state index contributed by atoms with van der Waals surface area (Å²) in [6.07, 6.45) is 0. The Balaban J connectivity index is 1.70. The van der Waals surface area contributed by atoms with Crippen LogP contribution in [0.4, 0.5) is 11.4 Å². The third-order valence-corrected chi connectivity index (χ3v) is 3.84. The molecular formula is C19H20N6O3. The molecule has 0 aliphatic rings. The lowest BCUT2D eigenvalue weighted by Crippen LogP contribution is -2.21. The number of nitrogens with one attached hydrogen (secondary N) is 2. The highest BCUT2D eigenvalue weighted by Crippen LogP contribution is 2.27. The Hall–Kier alpha value is -3.75. The van der Waals surface area contributed by atoms with E-state index in [0.29, 0.717) is 22.9 Å². The minimum Gasteiger partial charge on any atom is -0.495 e. The third-order valence-electron chi connectivity index (χ3n) is 3.84. The Morgan fingerprint density at radius 1 is 1.11 bits per heavy atom. The highest BCUT2D eigenvalue weighted by atomic mass is 16.5. The van der Waals surface area contributed by atoms with Crippen molar-refractivity contribution in [2.75, 3.05) is 17.7 Å². The predicted molar refractivity (Wildman–Crippen MR) is 104 cm³/mol. The van der Waals surface area contributed by atoms with E-state index in [2.05, 4.69) is 26.0 Å². The van der Waals surface area contributed by atoms with Gasteiger partial charge in [-0.2, -0.15) is 4.80 Å². The van der Waals surface area contributed by atoms with E-state index in [-0.39, 0.29) is 18.4 Å². The van der Waals surface area contributed by atoms with Gasteiger partial charge in [0.1, 0.15) is 12.3 Å². The van der Waals surface area contributed by atoms with E-state index in [9.17, 15) is 9.59 Å². The molecule has 3 aromatic rings. The molecule has 0 bridgehead atoms. The molecule has 0 aliphatic heterocycles. The van der Waals surface area contributed by atoms with E-state index in [1.54, 1.807) is 18.2 Å². The molecule has 0 fully saturated rings. The van der Waals surface area contributed by atoms with Crippen molar-refractivity contribution in [2.45, 2.75) is 20.4 Å². The maximum atomic E-state index is 12.4. The van der Waals surface area contributed by atoms with Gasteiger partial charge in [-0.1, -0.05) is 29.8 Å². The number of amides is 2. The molecular weight excluding hydrogens is 360 g/mol. The van der Waals surface area contributed by atoms with Crippen LogP contribution in [0.1, 0.15) is 12.5 Å². The van der Waals surface area contributed by atoms with Crippen LogP contribution in [0.5, 0.6) is 5.75 Å². The van der Waals surface area contributed by atoms with Crippen LogP contribution in [0.25, 0.3) is 11.4 Å². The number of ether oxygens (including phenoxy) is 1. The summed E-state index contributed by atoms with van der Waals surface area (Å²) in [5.74, 6) is 0.344. The van der Waals surface area contributed by atoms with Crippen LogP contribution in [0.2, 0.25) is 0 Å². The van der Waals surface area contributed by atoms with Crippen LogP contribution < -0.4 is 15.4 Å². The summed E-state index contributed by atoms with van der Waals surface area (Å²) in [5.41, 5.74) is 2.93. The molecule has 2 aromatic carbocycles. The van der Waals surface area contributed by atoms with Gasteiger partial charge in [-0.05, 0) is 30.3 Å².